The van der Waals surface area contributed by atoms with Gasteiger partial charge in [0.1, 0.15) is 0 Å². The number of hydrogen-bond acceptors (Lipinski definition) is 5. The second-order valence-electron chi connectivity index (χ2n) is 5.11. The third-order valence-electron chi connectivity index (χ3n) is 3.23. The Balaban J connectivity index is 3.90. The Kier molecular flexibility index (Phi) is 12.0. The topological polar surface area (TPSA) is 90.5 Å². The molecule has 0 unspecified atom stereocenters. The smallest absolute Gasteiger partial charge is 0.246 e. The van der Waals surface area contributed by atoms with E-state index in [1.165, 1.54) is 19.1 Å². The van der Waals surface area contributed by atoms with Crippen molar-refractivity contribution in [1.29, 1.82) is 0 Å². The van der Waals surface area contributed by atoms with Crippen LogP contribution in [-0.2, 0) is 14.4 Å². The molecule has 0 spiro atoms. The summed E-state index contributed by atoms with van der Waals surface area (Å²) in [6, 6.07) is 0. The number of hydrogen-bond donors (Lipinski definition) is 3. The second kappa shape index (κ2) is 13.2. The molecule has 24 heavy (non-hydrogen) atoms. The van der Waals surface area contributed by atoms with Gasteiger partial charge < -0.3 is 20.9 Å². The van der Waals surface area contributed by atoms with E-state index in [1.807, 2.05) is 0 Å². The molecule has 7 nitrogen and oxygen atoms in total. The summed E-state index contributed by atoms with van der Waals surface area (Å²) in [7, 11) is 0. The lowest BCUT2D eigenvalue weighted by Gasteiger charge is -2.21. The molecule has 0 rings (SSSR count). The Morgan fingerprint density at radius 2 is 1.58 bits per heavy atom. The molecule has 0 atom stereocenters. The molecule has 0 aromatic rings. The molecule has 3 N–H and O–H groups in total. The van der Waals surface area contributed by atoms with Crippen LogP contribution in [0.5, 0.6) is 0 Å². The van der Waals surface area contributed by atoms with Crippen LogP contribution in [0.2, 0.25) is 0 Å². The van der Waals surface area contributed by atoms with Gasteiger partial charge in [-0.1, -0.05) is 19.7 Å². The Labute approximate surface area is 143 Å². The SMILES string of the molecule is C=CC(=O)NCCN(CCNCCNCC(=C)C(C)=O)C(=O)C=C. The lowest BCUT2D eigenvalue weighted by molar-refractivity contribution is -0.126. The molecule has 2 amide bonds. The highest BCUT2D eigenvalue weighted by atomic mass is 16.2. The zero-order valence-corrected chi connectivity index (χ0v) is 14.4. The Hall–Kier alpha value is -2.25. The molecule has 0 aliphatic heterocycles. The lowest BCUT2D eigenvalue weighted by Crippen LogP contribution is -2.41. The third-order valence-corrected chi connectivity index (χ3v) is 3.23. The number of rotatable bonds is 14. The number of carbonyl (C=O) groups is 3. The number of ketones is 1. The Bertz CT molecular complexity index is 474. The fraction of sp³-hybridized carbons (Fsp3) is 0.471. The molecule has 0 aliphatic carbocycles. The van der Waals surface area contributed by atoms with Gasteiger partial charge in [0.15, 0.2) is 5.78 Å². The first kappa shape index (κ1) is 21.8. The van der Waals surface area contributed by atoms with Crippen molar-refractivity contribution in [2.45, 2.75) is 6.92 Å². The van der Waals surface area contributed by atoms with E-state index in [1.54, 1.807) is 4.90 Å². The summed E-state index contributed by atoms with van der Waals surface area (Å²) in [6.45, 7) is 15.8. The maximum Gasteiger partial charge on any atom is 0.246 e. The van der Waals surface area contributed by atoms with Crippen LogP contribution >= 0.6 is 0 Å². The average Bonchev–Trinajstić information content (AvgIpc) is 2.57. The summed E-state index contributed by atoms with van der Waals surface area (Å²) in [5, 5.41) is 8.93. The second-order valence-corrected chi connectivity index (χ2v) is 5.11. The van der Waals surface area contributed by atoms with Crippen molar-refractivity contribution in [1.82, 2.24) is 20.9 Å². The van der Waals surface area contributed by atoms with E-state index in [9.17, 15) is 14.4 Å². The quantitative estimate of drug-likeness (QED) is 0.297. The normalized spacial score (nSPS) is 9.88. The van der Waals surface area contributed by atoms with Crippen LogP contribution in [0.25, 0.3) is 0 Å². The summed E-state index contributed by atoms with van der Waals surface area (Å²) in [6.07, 6.45) is 2.44. The zero-order chi connectivity index (χ0) is 18.4. The minimum absolute atomic E-state index is 0.0161. The molecule has 0 radical (unpaired) electrons. The first-order valence-corrected chi connectivity index (χ1v) is 7.84. The van der Waals surface area contributed by atoms with Crippen LogP contribution < -0.4 is 16.0 Å². The van der Waals surface area contributed by atoms with Crippen LogP contribution in [0.1, 0.15) is 6.92 Å². The number of carbonyl (C=O) groups excluding carboxylic acids is 3. The first-order chi connectivity index (χ1) is 11.4. The summed E-state index contributed by atoms with van der Waals surface area (Å²) in [5.41, 5.74) is 0.555. The molecule has 7 heteroatoms. The van der Waals surface area contributed by atoms with Crippen molar-refractivity contribution in [3.63, 3.8) is 0 Å². The molecule has 0 fully saturated rings. The van der Waals surface area contributed by atoms with Gasteiger partial charge in [0.25, 0.3) is 0 Å². The van der Waals surface area contributed by atoms with E-state index in [0.717, 1.165) is 0 Å². The molecule has 0 saturated carbocycles. The fourth-order valence-corrected chi connectivity index (χ4v) is 1.73. The lowest BCUT2D eigenvalue weighted by atomic mass is 10.2. The van der Waals surface area contributed by atoms with E-state index in [-0.39, 0.29) is 17.6 Å². The molecule has 0 aliphatic rings. The van der Waals surface area contributed by atoms with Crippen molar-refractivity contribution in [2.24, 2.45) is 0 Å². The maximum atomic E-state index is 11.8. The van der Waals surface area contributed by atoms with Gasteiger partial charge in [-0.05, 0) is 19.1 Å². The van der Waals surface area contributed by atoms with Gasteiger partial charge in [0, 0.05) is 51.4 Å². The minimum Gasteiger partial charge on any atom is -0.351 e. The van der Waals surface area contributed by atoms with E-state index >= 15 is 0 Å². The number of nitrogens with zero attached hydrogens (tertiary/aromatic N) is 1. The summed E-state index contributed by atoms with van der Waals surface area (Å²) >= 11 is 0. The molecule has 0 aromatic heterocycles. The van der Waals surface area contributed by atoms with Crippen molar-refractivity contribution in [3.8, 4) is 0 Å². The molecular weight excluding hydrogens is 308 g/mol. The van der Waals surface area contributed by atoms with Crippen molar-refractivity contribution in [2.75, 3.05) is 45.8 Å². The molecule has 0 saturated heterocycles. The van der Waals surface area contributed by atoms with Crippen molar-refractivity contribution >= 4 is 17.6 Å². The van der Waals surface area contributed by atoms with Crippen molar-refractivity contribution < 1.29 is 14.4 Å². The van der Waals surface area contributed by atoms with Crippen LogP contribution in [0.15, 0.2) is 37.5 Å². The van der Waals surface area contributed by atoms with Crippen LogP contribution in [0.4, 0.5) is 0 Å². The van der Waals surface area contributed by atoms with Crippen molar-refractivity contribution in [3.05, 3.63) is 37.5 Å². The van der Waals surface area contributed by atoms with Gasteiger partial charge in [-0.2, -0.15) is 0 Å². The molecular formula is C17H28N4O3. The predicted molar refractivity (Wildman–Crippen MR) is 95.5 cm³/mol. The number of nitrogens with one attached hydrogen (secondary N) is 3. The summed E-state index contributed by atoms with van der Waals surface area (Å²) < 4.78 is 0. The highest BCUT2D eigenvalue weighted by Crippen LogP contribution is 1.90. The molecule has 0 aromatic carbocycles. The molecule has 134 valence electrons. The van der Waals surface area contributed by atoms with Crippen LogP contribution in [0, 0.1) is 0 Å². The van der Waals surface area contributed by atoms with Gasteiger partial charge in [0.2, 0.25) is 11.8 Å². The Morgan fingerprint density at radius 1 is 0.958 bits per heavy atom. The fourth-order valence-electron chi connectivity index (χ4n) is 1.73. The van der Waals surface area contributed by atoms with Crippen LogP contribution in [0.3, 0.4) is 0 Å². The highest BCUT2D eigenvalue weighted by molar-refractivity contribution is 5.92. The van der Waals surface area contributed by atoms with E-state index in [4.69, 9.17) is 0 Å². The van der Waals surface area contributed by atoms with Gasteiger partial charge in [-0.25, -0.2) is 0 Å². The van der Waals surface area contributed by atoms with Gasteiger partial charge >= 0.3 is 0 Å². The summed E-state index contributed by atoms with van der Waals surface area (Å²) in [4.78, 5) is 35.4. The zero-order valence-electron chi connectivity index (χ0n) is 14.4. The summed E-state index contributed by atoms with van der Waals surface area (Å²) in [5.74, 6) is -0.463. The van der Waals surface area contributed by atoms with Crippen LogP contribution in [-0.4, -0.2) is 68.3 Å². The highest BCUT2D eigenvalue weighted by Gasteiger charge is 2.09. The third kappa shape index (κ3) is 10.5. The maximum absolute atomic E-state index is 11.8. The number of Topliss-reactive ketones (excluding diaryl/α,β-unsaturated/α-hetero) is 1. The first-order valence-electron chi connectivity index (χ1n) is 7.84. The van der Waals surface area contributed by atoms with E-state index < -0.39 is 0 Å². The number of amides is 2. The minimum atomic E-state index is -0.266. The standard InChI is InChI=1S/C17H28N4O3/c1-5-16(23)20-10-12-21(17(24)6-2)11-9-18-7-8-19-13-14(3)15(4)22/h5-6,18-19H,1-3,7-13H2,4H3,(H,20,23). The van der Waals surface area contributed by atoms with Gasteiger partial charge in [-0.15, -0.1) is 0 Å². The Morgan fingerprint density at radius 3 is 2.17 bits per heavy atom. The van der Waals surface area contributed by atoms with Gasteiger partial charge in [-0.3, -0.25) is 14.4 Å². The molecule has 0 bridgehead atoms. The predicted octanol–water partition coefficient (Wildman–Crippen LogP) is -0.372. The van der Waals surface area contributed by atoms with E-state index in [0.29, 0.717) is 51.4 Å². The average molecular weight is 336 g/mol. The largest absolute Gasteiger partial charge is 0.351 e. The van der Waals surface area contributed by atoms with E-state index in [2.05, 4.69) is 35.7 Å². The monoisotopic (exact) mass is 336 g/mol. The molecule has 0 heterocycles. The van der Waals surface area contributed by atoms with Gasteiger partial charge in [0.05, 0.1) is 0 Å².